The van der Waals surface area contributed by atoms with Crippen LogP contribution in [-0.4, -0.2) is 58.4 Å². The molecule has 0 saturated heterocycles. The smallest absolute Gasteiger partial charge is 0.255 e. The molecule has 1 atom stereocenters. The maximum atomic E-state index is 12.1. The van der Waals surface area contributed by atoms with E-state index in [2.05, 4.69) is 5.32 Å². The number of nitrogens with zero attached hydrogens (tertiary/aromatic N) is 1. The van der Waals surface area contributed by atoms with Crippen molar-refractivity contribution in [2.75, 3.05) is 52.5 Å². The summed E-state index contributed by atoms with van der Waals surface area (Å²) in [7, 11) is 6.67. The van der Waals surface area contributed by atoms with Crippen LogP contribution in [-0.2, 0) is 9.47 Å². The van der Waals surface area contributed by atoms with Crippen molar-refractivity contribution in [2.24, 2.45) is 0 Å². The van der Waals surface area contributed by atoms with Gasteiger partial charge in [-0.25, -0.2) is 0 Å². The maximum absolute atomic E-state index is 12.1. The zero-order chi connectivity index (χ0) is 15.1. The number of carbonyl (C=O) groups excluding carboxylic acids is 1. The number of anilines is 2. The predicted molar refractivity (Wildman–Crippen MR) is 80.0 cm³/mol. The van der Waals surface area contributed by atoms with E-state index in [9.17, 15) is 4.79 Å². The molecule has 20 heavy (non-hydrogen) atoms. The van der Waals surface area contributed by atoms with Crippen LogP contribution in [0.3, 0.4) is 0 Å². The highest BCUT2D eigenvalue weighted by Gasteiger charge is 2.15. The molecule has 1 amide bonds. The minimum Gasteiger partial charge on any atom is -0.399 e. The first kappa shape index (κ1) is 16.3. The van der Waals surface area contributed by atoms with E-state index >= 15 is 0 Å². The number of nitrogens with two attached hydrogens (primary N) is 1. The molecule has 3 N–H and O–H groups in total. The van der Waals surface area contributed by atoms with E-state index in [1.807, 2.05) is 0 Å². The summed E-state index contributed by atoms with van der Waals surface area (Å²) in [5, 5.41) is 3.19. The Kier molecular flexibility index (Phi) is 6.27. The van der Waals surface area contributed by atoms with Gasteiger partial charge in [-0.15, -0.1) is 0 Å². The molecule has 0 aliphatic rings. The molecule has 0 saturated carbocycles. The van der Waals surface area contributed by atoms with Crippen LogP contribution in [0.15, 0.2) is 18.2 Å². The lowest BCUT2D eigenvalue weighted by atomic mass is 10.1. The molecule has 1 unspecified atom stereocenters. The number of nitrogen functional groups attached to an aromatic ring is 1. The lowest BCUT2D eigenvalue weighted by Crippen LogP contribution is -2.28. The van der Waals surface area contributed by atoms with Crippen LogP contribution in [0.2, 0.25) is 0 Å². The lowest BCUT2D eigenvalue weighted by molar-refractivity contribution is 0.0365. The molecule has 0 spiro atoms. The standard InChI is InChI=1S/C14H23N3O3/c1-17(2)14(18)12-6-5-10(15)7-13(12)16-8-11(20-4)9-19-3/h5-7,11,16H,8-9,15H2,1-4H3. The molecular weight excluding hydrogens is 258 g/mol. The Morgan fingerprint density at radius 3 is 2.65 bits per heavy atom. The molecule has 112 valence electrons. The summed E-state index contributed by atoms with van der Waals surface area (Å²) in [6, 6.07) is 5.18. The third kappa shape index (κ3) is 4.40. The van der Waals surface area contributed by atoms with Gasteiger partial charge >= 0.3 is 0 Å². The SMILES string of the molecule is COCC(CNc1cc(N)ccc1C(=O)N(C)C)OC. The van der Waals surface area contributed by atoms with E-state index in [0.29, 0.717) is 30.1 Å². The van der Waals surface area contributed by atoms with Crippen LogP contribution >= 0.6 is 0 Å². The van der Waals surface area contributed by atoms with E-state index in [-0.39, 0.29) is 12.0 Å². The van der Waals surface area contributed by atoms with E-state index in [1.54, 1.807) is 46.5 Å². The summed E-state index contributed by atoms with van der Waals surface area (Å²) in [6.07, 6.45) is -0.0938. The van der Waals surface area contributed by atoms with Gasteiger partial charge in [0.2, 0.25) is 0 Å². The summed E-state index contributed by atoms with van der Waals surface area (Å²) in [5.41, 5.74) is 7.66. The lowest BCUT2D eigenvalue weighted by Gasteiger charge is -2.19. The van der Waals surface area contributed by atoms with Crippen molar-refractivity contribution in [3.8, 4) is 0 Å². The van der Waals surface area contributed by atoms with Crippen LogP contribution in [0.25, 0.3) is 0 Å². The Morgan fingerprint density at radius 1 is 1.40 bits per heavy atom. The number of benzene rings is 1. The normalized spacial score (nSPS) is 12.0. The Bertz CT molecular complexity index is 449. The van der Waals surface area contributed by atoms with Gasteiger partial charge in [0, 0.05) is 46.2 Å². The number of hydrogen-bond acceptors (Lipinski definition) is 5. The van der Waals surface area contributed by atoms with Crippen molar-refractivity contribution in [2.45, 2.75) is 6.10 Å². The first-order valence-electron chi connectivity index (χ1n) is 6.36. The quantitative estimate of drug-likeness (QED) is 0.730. The van der Waals surface area contributed by atoms with Crippen LogP contribution in [0.5, 0.6) is 0 Å². The fourth-order valence-corrected chi connectivity index (χ4v) is 1.76. The van der Waals surface area contributed by atoms with E-state index in [0.717, 1.165) is 0 Å². The molecule has 0 bridgehead atoms. The summed E-state index contributed by atoms with van der Waals surface area (Å²) >= 11 is 0. The van der Waals surface area contributed by atoms with Gasteiger partial charge in [-0.2, -0.15) is 0 Å². The second-order valence-electron chi connectivity index (χ2n) is 4.70. The van der Waals surface area contributed by atoms with Gasteiger partial charge in [0.25, 0.3) is 5.91 Å². The van der Waals surface area contributed by atoms with Crippen molar-refractivity contribution in [3.05, 3.63) is 23.8 Å². The molecule has 6 heteroatoms. The minimum absolute atomic E-state index is 0.0757. The van der Waals surface area contributed by atoms with Crippen LogP contribution in [0.1, 0.15) is 10.4 Å². The third-order valence-corrected chi connectivity index (χ3v) is 2.89. The summed E-state index contributed by atoms with van der Waals surface area (Å²) in [4.78, 5) is 13.6. The number of rotatable bonds is 7. The van der Waals surface area contributed by atoms with Gasteiger partial charge in [-0.1, -0.05) is 0 Å². The largest absolute Gasteiger partial charge is 0.399 e. The Morgan fingerprint density at radius 2 is 2.10 bits per heavy atom. The van der Waals surface area contributed by atoms with Crippen molar-refractivity contribution >= 4 is 17.3 Å². The fourth-order valence-electron chi connectivity index (χ4n) is 1.76. The minimum atomic E-state index is -0.0938. The van der Waals surface area contributed by atoms with Crippen molar-refractivity contribution in [1.29, 1.82) is 0 Å². The number of amides is 1. The number of hydrogen-bond donors (Lipinski definition) is 2. The van der Waals surface area contributed by atoms with Crippen LogP contribution in [0.4, 0.5) is 11.4 Å². The molecule has 1 aromatic rings. The molecule has 1 rings (SSSR count). The second kappa shape index (κ2) is 7.72. The number of nitrogens with one attached hydrogen (secondary N) is 1. The summed E-state index contributed by atoms with van der Waals surface area (Å²) in [6.45, 7) is 1.00. The predicted octanol–water partition coefficient (Wildman–Crippen LogP) is 1.04. The number of methoxy groups -OCH3 is 2. The third-order valence-electron chi connectivity index (χ3n) is 2.89. The Balaban J connectivity index is 2.87. The average Bonchev–Trinajstić information content (AvgIpc) is 2.42. The van der Waals surface area contributed by atoms with Crippen molar-refractivity contribution in [1.82, 2.24) is 4.90 Å². The van der Waals surface area contributed by atoms with E-state index in [1.165, 1.54) is 4.90 Å². The van der Waals surface area contributed by atoms with Crippen molar-refractivity contribution in [3.63, 3.8) is 0 Å². The topological polar surface area (TPSA) is 76.8 Å². The molecule has 0 aliphatic carbocycles. The van der Waals surface area contributed by atoms with Gasteiger partial charge < -0.3 is 25.4 Å². The highest BCUT2D eigenvalue weighted by atomic mass is 16.5. The molecule has 1 aromatic carbocycles. The van der Waals surface area contributed by atoms with Crippen molar-refractivity contribution < 1.29 is 14.3 Å². The molecule has 0 radical (unpaired) electrons. The monoisotopic (exact) mass is 281 g/mol. The maximum Gasteiger partial charge on any atom is 0.255 e. The van der Waals surface area contributed by atoms with Gasteiger partial charge in [0.1, 0.15) is 0 Å². The molecule has 6 nitrogen and oxygen atoms in total. The number of ether oxygens (including phenoxy) is 2. The summed E-state index contributed by atoms with van der Waals surface area (Å²) in [5.74, 6) is -0.0757. The zero-order valence-corrected chi connectivity index (χ0v) is 12.5. The van der Waals surface area contributed by atoms with Gasteiger partial charge in [0.15, 0.2) is 0 Å². The molecule has 0 fully saturated rings. The zero-order valence-electron chi connectivity index (χ0n) is 12.5. The highest BCUT2D eigenvalue weighted by molar-refractivity contribution is 6.00. The van der Waals surface area contributed by atoms with Crippen LogP contribution < -0.4 is 11.1 Å². The molecule has 0 heterocycles. The number of carbonyl (C=O) groups is 1. The summed E-state index contributed by atoms with van der Waals surface area (Å²) < 4.78 is 10.3. The average molecular weight is 281 g/mol. The Hall–Kier alpha value is -1.79. The molecular formula is C14H23N3O3. The molecule has 0 aromatic heterocycles. The van der Waals surface area contributed by atoms with Crippen LogP contribution in [0, 0.1) is 0 Å². The Labute approximate surface area is 119 Å². The van der Waals surface area contributed by atoms with Gasteiger partial charge in [-0.05, 0) is 18.2 Å². The highest BCUT2D eigenvalue weighted by Crippen LogP contribution is 2.20. The van der Waals surface area contributed by atoms with Gasteiger partial charge in [-0.3, -0.25) is 4.79 Å². The second-order valence-corrected chi connectivity index (χ2v) is 4.70. The van der Waals surface area contributed by atoms with E-state index < -0.39 is 0 Å². The van der Waals surface area contributed by atoms with Gasteiger partial charge in [0.05, 0.1) is 18.3 Å². The fraction of sp³-hybridized carbons (Fsp3) is 0.500. The van der Waals surface area contributed by atoms with E-state index in [4.69, 9.17) is 15.2 Å². The molecule has 0 aliphatic heterocycles. The first-order chi connectivity index (χ1) is 9.49. The first-order valence-corrected chi connectivity index (χ1v) is 6.36.